The highest BCUT2D eigenvalue weighted by atomic mass is 16.2. The van der Waals surface area contributed by atoms with E-state index in [2.05, 4.69) is 19.7 Å². The molecule has 22 heavy (non-hydrogen) atoms. The molecule has 4 rings (SSSR count). The van der Waals surface area contributed by atoms with Gasteiger partial charge in [-0.15, -0.1) is 10.2 Å². The van der Waals surface area contributed by atoms with Gasteiger partial charge in [0.2, 0.25) is 5.91 Å². The molecule has 0 spiro atoms. The third-order valence-corrected chi connectivity index (χ3v) is 5.69. The Kier molecular flexibility index (Phi) is 3.89. The molecular weight excluding hydrogens is 276 g/mol. The molecule has 1 aromatic rings. The van der Waals surface area contributed by atoms with Crippen LogP contribution >= 0.6 is 0 Å². The Morgan fingerprint density at radius 2 is 2.00 bits per heavy atom. The minimum atomic E-state index is 0.357. The van der Waals surface area contributed by atoms with Gasteiger partial charge in [-0.05, 0) is 31.6 Å². The molecule has 1 aliphatic heterocycles. The Balaban J connectivity index is 1.31. The van der Waals surface area contributed by atoms with E-state index in [1.54, 1.807) is 0 Å². The van der Waals surface area contributed by atoms with Crippen LogP contribution in [0.15, 0.2) is 6.33 Å². The predicted octanol–water partition coefficient (Wildman–Crippen LogP) is 2.90. The molecule has 5 nitrogen and oxygen atoms in total. The second kappa shape index (κ2) is 6.01. The van der Waals surface area contributed by atoms with Crippen LogP contribution in [0.25, 0.3) is 0 Å². The van der Waals surface area contributed by atoms with E-state index in [0.29, 0.717) is 17.9 Å². The van der Waals surface area contributed by atoms with Crippen molar-refractivity contribution in [1.29, 1.82) is 0 Å². The highest BCUT2D eigenvalue weighted by molar-refractivity contribution is 5.76. The number of carbonyl (C=O) groups excluding carboxylic acids is 1. The van der Waals surface area contributed by atoms with Crippen molar-refractivity contribution in [3.63, 3.8) is 0 Å². The third-order valence-electron chi connectivity index (χ3n) is 5.69. The monoisotopic (exact) mass is 302 g/mol. The van der Waals surface area contributed by atoms with E-state index >= 15 is 0 Å². The number of rotatable bonds is 5. The molecule has 0 radical (unpaired) electrons. The van der Waals surface area contributed by atoms with Crippen LogP contribution in [0.3, 0.4) is 0 Å². The summed E-state index contributed by atoms with van der Waals surface area (Å²) in [4.78, 5) is 14.5. The number of carbonyl (C=O) groups is 1. The number of amides is 1. The lowest BCUT2D eigenvalue weighted by molar-refractivity contribution is -0.130. The first-order valence-electron chi connectivity index (χ1n) is 8.98. The van der Waals surface area contributed by atoms with Crippen LogP contribution in [0, 0.1) is 5.92 Å². The van der Waals surface area contributed by atoms with Gasteiger partial charge in [0, 0.05) is 25.4 Å². The second-order valence-corrected chi connectivity index (χ2v) is 7.34. The van der Waals surface area contributed by atoms with Crippen molar-refractivity contribution >= 4 is 5.91 Å². The van der Waals surface area contributed by atoms with E-state index in [9.17, 15) is 4.79 Å². The maximum atomic E-state index is 12.4. The summed E-state index contributed by atoms with van der Waals surface area (Å²) >= 11 is 0. The molecule has 2 saturated carbocycles. The number of aromatic nitrogens is 3. The summed E-state index contributed by atoms with van der Waals surface area (Å²) in [7, 11) is 0. The Bertz CT molecular complexity index is 531. The lowest BCUT2D eigenvalue weighted by Crippen LogP contribution is -2.29. The molecule has 0 bridgehead atoms. The molecule has 1 amide bonds. The van der Waals surface area contributed by atoms with Gasteiger partial charge in [-0.3, -0.25) is 4.79 Å². The standard InChI is InChI=1S/C17H26N4O/c22-16(8-5-13-3-1-2-4-13)20-10-9-15(11-20)21-12-18-19-17(21)14-6-7-14/h12-15H,1-11H2. The van der Waals surface area contributed by atoms with E-state index in [-0.39, 0.29) is 0 Å². The van der Waals surface area contributed by atoms with E-state index in [1.807, 2.05) is 6.33 Å². The smallest absolute Gasteiger partial charge is 0.222 e. The largest absolute Gasteiger partial charge is 0.341 e. The summed E-state index contributed by atoms with van der Waals surface area (Å²) in [6.45, 7) is 1.75. The van der Waals surface area contributed by atoms with E-state index in [1.165, 1.54) is 38.5 Å². The Labute approximate surface area is 132 Å². The maximum absolute atomic E-state index is 12.4. The fourth-order valence-electron chi connectivity index (χ4n) is 4.15. The van der Waals surface area contributed by atoms with Crippen LogP contribution in [-0.2, 0) is 4.79 Å². The molecule has 2 aliphatic carbocycles. The van der Waals surface area contributed by atoms with E-state index in [4.69, 9.17) is 0 Å². The number of hydrogen-bond donors (Lipinski definition) is 0. The van der Waals surface area contributed by atoms with Gasteiger partial charge in [0.15, 0.2) is 0 Å². The summed E-state index contributed by atoms with van der Waals surface area (Å²) in [5.74, 6) is 2.93. The van der Waals surface area contributed by atoms with Crippen molar-refractivity contribution in [3.8, 4) is 0 Å². The SMILES string of the molecule is O=C(CCC1CCCC1)N1CCC(n2cnnc2C2CC2)C1. The molecule has 2 heterocycles. The topological polar surface area (TPSA) is 51.0 Å². The number of nitrogens with zero attached hydrogens (tertiary/aromatic N) is 4. The zero-order valence-corrected chi connectivity index (χ0v) is 13.3. The molecular formula is C17H26N4O. The van der Waals surface area contributed by atoms with Gasteiger partial charge in [0.25, 0.3) is 0 Å². The zero-order chi connectivity index (χ0) is 14.9. The van der Waals surface area contributed by atoms with E-state index < -0.39 is 0 Å². The van der Waals surface area contributed by atoms with Crippen molar-refractivity contribution in [2.75, 3.05) is 13.1 Å². The van der Waals surface area contributed by atoms with Gasteiger partial charge < -0.3 is 9.47 Å². The molecule has 1 unspecified atom stereocenters. The predicted molar refractivity (Wildman–Crippen MR) is 83.4 cm³/mol. The van der Waals surface area contributed by atoms with Crippen LogP contribution in [0.2, 0.25) is 0 Å². The molecule has 3 aliphatic rings. The van der Waals surface area contributed by atoms with E-state index in [0.717, 1.165) is 44.1 Å². The molecule has 120 valence electrons. The molecule has 1 atom stereocenters. The van der Waals surface area contributed by atoms with Crippen LogP contribution in [-0.4, -0.2) is 38.7 Å². The summed E-state index contributed by atoms with van der Waals surface area (Å²) in [6, 6.07) is 0.390. The zero-order valence-electron chi connectivity index (χ0n) is 13.3. The van der Waals surface area contributed by atoms with Gasteiger partial charge in [-0.25, -0.2) is 0 Å². The molecule has 0 aromatic carbocycles. The lowest BCUT2D eigenvalue weighted by Gasteiger charge is -2.18. The molecule has 0 N–H and O–H groups in total. The summed E-state index contributed by atoms with van der Waals surface area (Å²) in [6.07, 6.45) is 12.6. The van der Waals surface area contributed by atoms with Crippen molar-refractivity contribution < 1.29 is 4.79 Å². The average molecular weight is 302 g/mol. The average Bonchev–Trinajstić information content (AvgIpc) is 3.02. The number of hydrogen-bond acceptors (Lipinski definition) is 3. The minimum absolute atomic E-state index is 0.357. The quantitative estimate of drug-likeness (QED) is 0.840. The first-order valence-corrected chi connectivity index (χ1v) is 8.98. The highest BCUT2D eigenvalue weighted by Crippen LogP contribution is 2.40. The minimum Gasteiger partial charge on any atom is -0.341 e. The van der Waals surface area contributed by atoms with Gasteiger partial charge in [-0.1, -0.05) is 25.7 Å². The van der Waals surface area contributed by atoms with Crippen LogP contribution < -0.4 is 0 Å². The van der Waals surface area contributed by atoms with Crippen molar-refractivity contribution in [2.24, 2.45) is 5.92 Å². The van der Waals surface area contributed by atoms with Crippen molar-refractivity contribution in [2.45, 2.75) is 69.7 Å². The Hall–Kier alpha value is -1.39. The van der Waals surface area contributed by atoms with Crippen LogP contribution in [0.1, 0.15) is 75.6 Å². The van der Waals surface area contributed by atoms with Gasteiger partial charge >= 0.3 is 0 Å². The van der Waals surface area contributed by atoms with Crippen LogP contribution in [0.4, 0.5) is 0 Å². The van der Waals surface area contributed by atoms with Gasteiger partial charge in [0.05, 0.1) is 6.04 Å². The summed E-state index contributed by atoms with van der Waals surface area (Å²) in [5.41, 5.74) is 0. The lowest BCUT2D eigenvalue weighted by atomic mass is 10.0. The molecule has 3 fully saturated rings. The highest BCUT2D eigenvalue weighted by Gasteiger charge is 2.34. The molecule has 1 aromatic heterocycles. The maximum Gasteiger partial charge on any atom is 0.222 e. The summed E-state index contributed by atoms with van der Waals surface area (Å²) < 4.78 is 2.24. The van der Waals surface area contributed by atoms with Gasteiger partial charge in [-0.2, -0.15) is 0 Å². The van der Waals surface area contributed by atoms with Crippen LogP contribution in [0.5, 0.6) is 0 Å². The molecule has 5 heteroatoms. The summed E-state index contributed by atoms with van der Waals surface area (Å²) in [5, 5.41) is 8.39. The third kappa shape index (κ3) is 2.90. The fraction of sp³-hybridized carbons (Fsp3) is 0.824. The first-order chi connectivity index (χ1) is 10.8. The second-order valence-electron chi connectivity index (χ2n) is 7.34. The van der Waals surface area contributed by atoms with Crippen molar-refractivity contribution in [3.05, 3.63) is 12.2 Å². The Morgan fingerprint density at radius 3 is 2.77 bits per heavy atom. The Morgan fingerprint density at radius 1 is 1.18 bits per heavy atom. The normalized spacial score (nSPS) is 26.0. The fourth-order valence-corrected chi connectivity index (χ4v) is 4.15. The first kappa shape index (κ1) is 14.2. The number of likely N-dealkylation sites (tertiary alicyclic amines) is 1. The molecule has 1 saturated heterocycles. The van der Waals surface area contributed by atoms with Crippen molar-refractivity contribution in [1.82, 2.24) is 19.7 Å². The van der Waals surface area contributed by atoms with Gasteiger partial charge in [0.1, 0.15) is 12.2 Å².